The van der Waals surface area contributed by atoms with E-state index in [1.165, 1.54) is 0 Å². The third-order valence-electron chi connectivity index (χ3n) is 0.741. The van der Waals surface area contributed by atoms with E-state index in [9.17, 15) is 9.59 Å². The molecule has 0 spiro atoms. The zero-order valence-corrected chi connectivity index (χ0v) is 4.29. The molecule has 0 atom stereocenters. The van der Waals surface area contributed by atoms with E-state index >= 15 is 0 Å². The molecule has 8 heavy (non-hydrogen) atoms. The molecule has 4 heteroatoms. The fourth-order valence-electron chi connectivity index (χ4n) is 0.106. The van der Waals surface area contributed by atoms with Crippen molar-refractivity contribution in [2.24, 2.45) is 5.92 Å². The van der Waals surface area contributed by atoms with Crippen LogP contribution in [0.4, 0.5) is 0 Å². The van der Waals surface area contributed by atoms with Crippen molar-refractivity contribution in [3.8, 4) is 0 Å². The average molecular weight is 119 g/mol. The Morgan fingerprint density at radius 3 is 1.62 bits per heavy atom. The molecule has 47 valence electrons. The molecule has 0 rings (SSSR count). The van der Waals surface area contributed by atoms with Gasteiger partial charge in [-0.2, -0.15) is 0 Å². The summed E-state index contributed by atoms with van der Waals surface area (Å²) < 4.78 is 0. The summed E-state index contributed by atoms with van der Waals surface area (Å²) in [7, 11) is 0. The smallest absolute Gasteiger partial charge is 0.317 e. The quantitative estimate of drug-likeness (QED) is 0.498. The molecule has 2 N–H and O–H groups in total. The standard InChI is InChI=1S/C4H6O4.H/c1-2(3(5)6)4(7)8;/h2H,1H3,(H,5,6)(H,7,8);. The zero-order chi connectivity index (χ0) is 6.73. The Hall–Kier alpha value is -1.06. The second-order valence-electron chi connectivity index (χ2n) is 1.40. The first-order valence-corrected chi connectivity index (χ1v) is 2.01. The van der Waals surface area contributed by atoms with Crippen LogP contribution in [0.2, 0.25) is 0 Å². The number of hydrogen-bond acceptors (Lipinski definition) is 2. The Morgan fingerprint density at radius 2 is 1.62 bits per heavy atom. The highest BCUT2D eigenvalue weighted by atomic mass is 16.4. The lowest BCUT2D eigenvalue weighted by Gasteiger charge is -1.94. The molecule has 0 fully saturated rings. The van der Waals surface area contributed by atoms with Crippen LogP contribution in [0.5, 0.6) is 0 Å². The number of hydrogen-bond donors (Lipinski definition) is 2. The van der Waals surface area contributed by atoms with Crippen molar-refractivity contribution in [3.63, 3.8) is 0 Å². The van der Waals surface area contributed by atoms with Gasteiger partial charge in [-0.25, -0.2) is 0 Å². The maximum Gasteiger partial charge on any atom is 0.317 e. The van der Waals surface area contributed by atoms with Gasteiger partial charge in [0.15, 0.2) is 5.92 Å². The maximum atomic E-state index is 9.76. The topological polar surface area (TPSA) is 74.6 Å². The molecular weight excluding hydrogens is 112 g/mol. The molecule has 4 nitrogen and oxygen atoms in total. The highest BCUT2D eigenvalue weighted by molar-refractivity contribution is 5.92. The van der Waals surface area contributed by atoms with E-state index in [1.54, 1.807) is 0 Å². The Kier molecular flexibility index (Phi) is 1.99. The largest absolute Gasteiger partial charge is 0.481 e. The monoisotopic (exact) mass is 119 g/mol. The second kappa shape index (κ2) is 2.30. The first-order valence-electron chi connectivity index (χ1n) is 2.01. The SMILES string of the molecule is CC(C(=O)O)C(=O)O.[H]. The molecule has 1 radical (unpaired) electrons. The van der Waals surface area contributed by atoms with Gasteiger partial charge in [-0.15, -0.1) is 0 Å². The summed E-state index contributed by atoms with van der Waals surface area (Å²) in [6.45, 7) is 1.12. The first-order chi connectivity index (χ1) is 3.55. The molecule has 0 aliphatic carbocycles. The number of aliphatic carboxylic acids is 2. The Bertz CT molecular complexity index is 108. The summed E-state index contributed by atoms with van der Waals surface area (Å²) in [5.74, 6) is -3.91. The van der Waals surface area contributed by atoms with Crippen molar-refractivity contribution in [1.82, 2.24) is 0 Å². The second-order valence-corrected chi connectivity index (χ2v) is 1.40. The van der Waals surface area contributed by atoms with Gasteiger partial charge in [0, 0.05) is 1.43 Å². The summed E-state index contributed by atoms with van der Waals surface area (Å²) in [4.78, 5) is 19.5. The molecule has 0 aromatic rings. The predicted octanol–water partition coefficient (Wildman–Crippen LogP) is -0.0958. The molecule has 0 saturated carbocycles. The van der Waals surface area contributed by atoms with Crippen molar-refractivity contribution in [1.29, 1.82) is 0 Å². The maximum absolute atomic E-state index is 9.76. The number of carboxylic acid groups (broad SMARTS) is 2. The molecular formula is C4H7O4. The molecule has 0 unspecified atom stereocenters. The van der Waals surface area contributed by atoms with Crippen LogP contribution in [0.15, 0.2) is 0 Å². The van der Waals surface area contributed by atoms with E-state index in [0.717, 1.165) is 6.92 Å². The van der Waals surface area contributed by atoms with E-state index in [0.29, 0.717) is 0 Å². The van der Waals surface area contributed by atoms with E-state index in [2.05, 4.69) is 0 Å². The molecule has 0 aromatic carbocycles. The molecule has 0 bridgehead atoms. The Morgan fingerprint density at radius 1 is 1.38 bits per heavy atom. The molecule has 0 aliphatic heterocycles. The fraction of sp³-hybridized carbons (Fsp3) is 0.500. The van der Waals surface area contributed by atoms with E-state index in [-0.39, 0.29) is 1.43 Å². The van der Waals surface area contributed by atoms with Gasteiger partial charge in [0.2, 0.25) is 0 Å². The fourth-order valence-corrected chi connectivity index (χ4v) is 0.106. The summed E-state index contributed by atoms with van der Waals surface area (Å²) >= 11 is 0. The van der Waals surface area contributed by atoms with Crippen molar-refractivity contribution >= 4 is 11.9 Å². The Labute approximate surface area is 47.2 Å². The van der Waals surface area contributed by atoms with Gasteiger partial charge in [-0.1, -0.05) is 0 Å². The van der Waals surface area contributed by atoms with E-state index in [1.807, 2.05) is 0 Å². The molecule has 0 amide bonds. The summed E-state index contributed by atoms with van der Waals surface area (Å²) in [5, 5.41) is 15.9. The van der Waals surface area contributed by atoms with E-state index < -0.39 is 17.9 Å². The summed E-state index contributed by atoms with van der Waals surface area (Å²) in [6, 6.07) is 0. The molecule has 0 aromatic heterocycles. The van der Waals surface area contributed by atoms with Gasteiger partial charge in [0.25, 0.3) is 0 Å². The van der Waals surface area contributed by atoms with Gasteiger partial charge in [0.05, 0.1) is 0 Å². The predicted molar refractivity (Wildman–Crippen MR) is 25.5 cm³/mol. The minimum Gasteiger partial charge on any atom is -0.481 e. The van der Waals surface area contributed by atoms with Crippen LogP contribution in [0.25, 0.3) is 0 Å². The zero-order valence-electron chi connectivity index (χ0n) is 5.29. The third kappa shape index (κ3) is 1.59. The lowest BCUT2D eigenvalue weighted by molar-refractivity contribution is -0.153. The van der Waals surface area contributed by atoms with Crippen LogP contribution < -0.4 is 0 Å². The van der Waals surface area contributed by atoms with E-state index in [4.69, 9.17) is 10.2 Å². The Balaban J connectivity index is 0. The first kappa shape index (κ1) is 6.94. The number of carbonyl (C=O) groups is 2. The normalized spacial score (nSPS) is 9.25. The summed E-state index contributed by atoms with van der Waals surface area (Å²) in [5.41, 5.74) is 0. The van der Waals surface area contributed by atoms with Crippen molar-refractivity contribution in [2.75, 3.05) is 0 Å². The van der Waals surface area contributed by atoms with Crippen LogP contribution in [-0.2, 0) is 9.59 Å². The summed E-state index contributed by atoms with van der Waals surface area (Å²) in [6.07, 6.45) is 0. The van der Waals surface area contributed by atoms with Crippen molar-refractivity contribution < 1.29 is 21.2 Å². The lowest BCUT2D eigenvalue weighted by atomic mass is 10.2. The van der Waals surface area contributed by atoms with Crippen molar-refractivity contribution in [3.05, 3.63) is 0 Å². The molecule has 0 heterocycles. The van der Waals surface area contributed by atoms with Crippen LogP contribution >= 0.6 is 0 Å². The highest BCUT2D eigenvalue weighted by Gasteiger charge is 2.18. The van der Waals surface area contributed by atoms with Crippen LogP contribution in [0, 0.1) is 5.92 Å². The van der Waals surface area contributed by atoms with Gasteiger partial charge >= 0.3 is 11.9 Å². The minimum absolute atomic E-state index is 0. The third-order valence-corrected chi connectivity index (χ3v) is 0.741. The van der Waals surface area contributed by atoms with Gasteiger partial charge in [-0.3, -0.25) is 9.59 Å². The van der Waals surface area contributed by atoms with Gasteiger partial charge in [-0.05, 0) is 6.92 Å². The minimum atomic E-state index is -1.31. The van der Waals surface area contributed by atoms with Crippen LogP contribution in [0.1, 0.15) is 8.35 Å². The van der Waals surface area contributed by atoms with Crippen molar-refractivity contribution in [2.45, 2.75) is 6.92 Å². The average Bonchev–Trinajstić information content (AvgIpc) is 1.64. The van der Waals surface area contributed by atoms with Gasteiger partial charge in [0.1, 0.15) is 0 Å². The highest BCUT2D eigenvalue weighted by Crippen LogP contribution is 1.91. The van der Waals surface area contributed by atoms with Crippen LogP contribution in [-0.4, -0.2) is 22.2 Å². The number of rotatable bonds is 2. The molecule has 0 saturated heterocycles. The van der Waals surface area contributed by atoms with Crippen LogP contribution in [0.3, 0.4) is 0 Å². The number of carboxylic acids is 2. The van der Waals surface area contributed by atoms with Gasteiger partial charge < -0.3 is 10.2 Å². The lowest BCUT2D eigenvalue weighted by Crippen LogP contribution is -2.19. The molecule has 0 aliphatic rings.